The lowest BCUT2D eigenvalue weighted by molar-refractivity contribution is 0.149. The Morgan fingerprint density at radius 2 is 2.15 bits per heavy atom. The summed E-state index contributed by atoms with van der Waals surface area (Å²) in [5.74, 6) is 0. The molecule has 2 nitrogen and oxygen atoms in total. The number of rotatable bonds is 2. The average Bonchev–Trinajstić information content (AvgIpc) is 2.08. The molecule has 1 aromatic carbocycles. The average molecular weight is 182 g/mol. The van der Waals surface area contributed by atoms with Gasteiger partial charge in [-0.2, -0.15) is 5.26 Å². The molecule has 1 aromatic rings. The van der Waals surface area contributed by atoms with Crippen LogP contribution >= 0.6 is 0 Å². The fraction of sp³-hybridized carbons (Fsp3) is 0.222. The Morgan fingerprint density at radius 3 is 2.69 bits per heavy atom. The molecule has 0 heterocycles. The van der Waals surface area contributed by atoms with Crippen LogP contribution in [0.25, 0.3) is 0 Å². The Labute approximate surface area is 74.6 Å². The molecule has 0 bridgehead atoms. The first-order valence-corrected chi connectivity index (χ1v) is 3.70. The number of nitrogens with two attached hydrogens (primary N) is 1. The number of alkyl halides is 2. The predicted octanol–water partition coefficient (Wildman–Crippen LogP) is 1.95. The van der Waals surface area contributed by atoms with Crippen molar-refractivity contribution in [1.29, 1.82) is 5.26 Å². The summed E-state index contributed by atoms with van der Waals surface area (Å²) in [6.07, 6.45) is -2.84. The van der Waals surface area contributed by atoms with Gasteiger partial charge in [0.2, 0.25) is 6.43 Å². The minimum atomic E-state index is -2.43. The van der Waals surface area contributed by atoms with E-state index in [1.54, 1.807) is 0 Å². The zero-order chi connectivity index (χ0) is 9.84. The van der Waals surface area contributed by atoms with Gasteiger partial charge in [-0.25, -0.2) is 8.78 Å². The van der Waals surface area contributed by atoms with Crippen molar-refractivity contribution in [2.75, 3.05) is 5.73 Å². The van der Waals surface area contributed by atoms with Crippen LogP contribution in [0.5, 0.6) is 0 Å². The molecule has 0 aliphatic carbocycles. The normalized spacial score (nSPS) is 10.0. The summed E-state index contributed by atoms with van der Waals surface area (Å²) in [5.41, 5.74) is 6.43. The second-order valence-corrected chi connectivity index (χ2v) is 2.62. The molecule has 0 atom stereocenters. The van der Waals surface area contributed by atoms with Crippen LogP contribution in [0.1, 0.15) is 11.1 Å². The van der Waals surface area contributed by atoms with Crippen LogP contribution in [0.2, 0.25) is 0 Å². The third kappa shape index (κ3) is 2.41. The number of anilines is 1. The van der Waals surface area contributed by atoms with E-state index in [4.69, 9.17) is 11.0 Å². The van der Waals surface area contributed by atoms with Crippen LogP contribution in [-0.4, -0.2) is 6.43 Å². The number of hydrogen-bond acceptors (Lipinski definition) is 2. The molecule has 0 saturated heterocycles. The molecule has 2 N–H and O–H groups in total. The van der Waals surface area contributed by atoms with Gasteiger partial charge in [0.25, 0.3) is 0 Å². The number of halogens is 2. The van der Waals surface area contributed by atoms with Crippen LogP contribution in [0.15, 0.2) is 18.2 Å². The summed E-state index contributed by atoms with van der Waals surface area (Å²) in [5, 5.41) is 8.51. The number of benzene rings is 1. The SMILES string of the molecule is N#Cc1ccc(N)c(CC(F)F)c1. The van der Waals surface area contributed by atoms with Crippen molar-refractivity contribution in [3.63, 3.8) is 0 Å². The fourth-order valence-corrected chi connectivity index (χ4v) is 1.02. The smallest absolute Gasteiger partial charge is 0.242 e. The third-order valence-electron chi connectivity index (χ3n) is 1.65. The van der Waals surface area contributed by atoms with Gasteiger partial charge in [-0.05, 0) is 23.8 Å². The summed E-state index contributed by atoms with van der Waals surface area (Å²) in [7, 11) is 0. The summed E-state index contributed by atoms with van der Waals surface area (Å²) in [6, 6.07) is 6.23. The van der Waals surface area contributed by atoms with Crippen molar-refractivity contribution in [2.24, 2.45) is 0 Å². The second-order valence-electron chi connectivity index (χ2n) is 2.62. The number of nitriles is 1. The van der Waals surface area contributed by atoms with E-state index < -0.39 is 12.8 Å². The van der Waals surface area contributed by atoms with E-state index in [1.165, 1.54) is 18.2 Å². The van der Waals surface area contributed by atoms with Gasteiger partial charge < -0.3 is 5.73 Å². The molecule has 0 radical (unpaired) electrons. The lowest BCUT2D eigenvalue weighted by Crippen LogP contribution is -2.01. The Morgan fingerprint density at radius 1 is 1.46 bits per heavy atom. The van der Waals surface area contributed by atoms with E-state index in [9.17, 15) is 8.78 Å². The van der Waals surface area contributed by atoms with Crippen LogP contribution in [0.3, 0.4) is 0 Å². The molecule has 0 fully saturated rings. The molecule has 4 heteroatoms. The van der Waals surface area contributed by atoms with Crippen molar-refractivity contribution in [3.8, 4) is 6.07 Å². The van der Waals surface area contributed by atoms with Gasteiger partial charge in [-0.3, -0.25) is 0 Å². The van der Waals surface area contributed by atoms with Crippen LogP contribution in [-0.2, 0) is 6.42 Å². The molecular formula is C9H8F2N2. The molecule has 0 spiro atoms. The third-order valence-corrected chi connectivity index (χ3v) is 1.65. The van der Waals surface area contributed by atoms with Gasteiger partial charge in [0, 0.05) is 12.1 Å². The van der Waals surface area contributed by atoms with E-state index in [0.29, 0.717) is 16.8 Å². The number of nitrogens with zero attached hydrogens (tertiary/aromatic N) is 1. The molecule has 68 valence electrons. The minimum absolute atomic E-state index is 0.305. The van der Waals surface area contributed by atoms with Crippen molar-refractivity contribution in [3.05, 3.63) is 29.3 Å². The summed E-state index contributed by atoms with van der Waals surface area (Å²) < 4.78 is 24.0. The largest absolute Gasteiger partial charge is 0.399 e. The minimum Gasteiger partial charge on any atom is -0.399 e. The van der Waals surface area contributed by atoms with Crippen LogP contribution in [0, 0.1) is 11.3 Å². The first-order valence-electron chi connectivity index (χ1n) is 3.70. The Hall–Kier alpha value is -1.63. The molecule has 1 rings (SSSR count). The lowest BCUT2D eigenvalue weighted by Gasteiger charge is -2.04. The Kier molecular flexibility index (Phi) is 2.80. The number of hydrogen-bond donors (Lipinski definition) is 1. The van der Waals surface area contributed by atoms with E-state index in [-0.39, 0.29) is 0 Å². The highest BCUT2D eigenvalue weighted by molar-refractivity contribution is 5.51. The van der Waals surface area contributed by atoms with Gasteiger partial charge in [0.05, 0.1) is 11.6 Å². The Balaban J connectivity index is 2.99. The lowest BCUT2D eigenvalue weighted by atomic mass is 10.1. The molecule has 0 unspecified atom stereocenters. The van der Waals surface area contributed by atoms with E-state index in [2.05, 4.69) is 0 Å². The van der Waals surface area contributed by atoms with Crippen LogP contribution in [0.4, 0.5) is 14.5 Å². The maximum absolute atomic E-state index is 12.0. The van der Waals surface area contributed by atoms with Crippen molar-refractivity contribution < 1.29 is 8.78 Å². The van der Waals surface area contributed by atoms with Gasteiger partial charge in [0.1, 0.15) is 0 Å². The first-order chi connectivity index (χ1) is 6.13. The van der Waals surface area contributed by atoms with Crippen molar-refractivity contribution in [2.45, 2.75) is 12.8 Å². The monoisotopic (exact) mass is 182 g/mol. The molecule has 13 heavy (non-hydrogen) atoms. The quantitative estimate of drug-likeness (QED) is 0.710. The van der Waals surface area contributed by atoms with Gasteiger partial charge in [-0.15, -0.1) is 0 Å². The summed E-state index contributed by atoms with van der Waals surface area (Å²) in [6.45, 7) is 0. The molecule has 0 aromatic heterocycles. The highest BCUT2D eigenvalue weighted by Gasteiger charge is 2.08. The fourth-order valence-electron chi connectivity index (χ4n) is 1.02. The molecule has 0 aliphatic heterocycles. The first kappa shape index (κ1) is 9.46. The molecular weight excluding hydrogens is 174 g/mol. The highest BCUT2D eigenvalue weighted by atomic mass is 19.3. The van der Waals surface area contributed by atoms with Crippen LogP contribution < -0.4 is 5.73 Å². The standard InChI is InChI=1S/C9H8F2N2/c10-9(11)4-7-3-6(5-12)1-2-8(7)13/h1-3,9H,4,13H2. The number of nitrogen functional groups attached to an aromatic ring is 1. The van der Waals surface area contributed by atoms with Crippen molar-refractivity contribution >= 4 is 5.69 Å². The molecule has 0 saturated carbocycles. The second kappa shape index (κ2) is 3.85. The van der Waals surface area contributed by atoms with Gasteiger partial charge in [0.15, 0.2) is 0 Å². The highest BCUT2D eigenvalue weighted by Crippen LogP contribution is 2.17. The zero-order valence-corrected chi connectivity index (χ0v) is 6.80. The Bertz CT molecular complexity index is 342. The zero-order valence-electron chi connectivity index (χ0n) is 6.80. The predicted molar refractivity (Wildman–Crippen MR) is 45.3 cm³/mol. The maximum atomic E-state index is 12.0. The maximum Gasteiger partial charge on any atom is 0.242 e. The topological polar surface area (TPSA) is 49.8 Å². The van der Waals surface area contributed by atoms with Gasteiger partial charge >= 0.3 is 0 Å². The summed E-state index contributed by atoms with van der Waals surface area (Å²) >= 11 is 0. The van der Waals surface area contributed by atoms with E-state index in [0.717, 1.165) is 0 Å². The van der Waals surface area contributed by atoms with E-state index in [1.807, 2.05) is 6.07 Å². The van der Waals surface area contributed by atoms with Gasteiger partial charge in [-0.1, -0.05) is 0 Å². The molecule has 0 amide bonds. The van der Waals surface area contributed by atoms with Crippen molar-refractivity contribution in [1.82, 2.24) is 0 Å². The van der Waals surface area contributed by atoms with E-state index >= 15 is 0 Å². The summed E-state index contributed by atoms with van der Waals surface area (Å²) in [4.78, 5) is 0. The molecule has 0 aliphatic rings.